The topological polar surface area (TPSA) is 12.5 Å². The first-order chi connectivity index (χ1) is 6.79. The van der Waals surface area contributed by atoms with Gasteiger partial charge in [-0.1, -0.05) is 20.8 Å². The van der Waals surface area contributed by atoms with Gasteiger partial charge in [0.05, 0.1) is 0 Å². The lowest BCUT2D eigenvalue weighted by Gasteiger charge is -2.39. The van der Waals surface area contributed by atoms with Crippen LogP contribution in [0, 0.1) is 5.41 Å². The lowest BCUT2D eigenvalue weighted by molar-refractivity contribution is -0.0109. The number of alkyl halides is 1. The van der Waals surface area contributed by atoms with Crippen molar-refractivity contribution in [2.45, 2.75) is 59.0 Å². The Morgan fingerprint density at radius 1 is 1.33 bits per heavy atom. The summed E-state index contributed by atoms with van der Waals surface area (Å²) >= 11 is 0. The molecule has 0 saturated carbocycles. The van der Waals surface area contributed by atoms with E-state index in [-0.39, 0.29) is 17.6 Å². The summed E-state index contributed by atoms with van der Waals surface area (Å²) in [7, 11) is 1.61. The lowest BCUT2D eigenvalue weighted by Crippen LogP contribution is -2.48. The summed E-state index contributed by atoms with van der Waals surface area (Å²) in [5.41, 5.74) is 0.0474. The molecule has 1 aliphatic heterocycles. The Kier molecular flexibility index (Phi) is 3.77. The van der Waals surface area contributed by atoms with Crippen molar-refractivity contribution in [2.75, 3.05) is 13.7 Å². The van der Waals surface area contributed by atoms with Crippen LogP contribution < -0.4 is 0 Å². The Morgan fingerprint density at radius 3 is 2.20 bits per heavy atom. The van der Waals surface area contributed by atoms with Gasteiger partial charge in [0, 0.05) is 25.7 Å². The second-order valence-electron chi connectivity index (χ2n) is 5.82. The maximum atomic E-state index is 13.8. The van der Waals surface area contributed by atoms with E-state index in [1.165, 1.54) is 0 Å². The molecule has 0 aromatic carbocycles. The molecule has 1 fully saturated rings. The zero-order chi connectivity index (χ0) is 11.8. The van der Waals surface area contributed by atoms with Crippen molar-refractivity contribution in [3.8, 4) is 0 Å². The molecule has 0 aliphatic carbocycles. The smallest absolute Gasteiger partial charge is 0.140 e. The summed E-state index contributed by atoms with van der Waals surface area (Å²) in [5.74, 6) is 0. The van der Waals surface area contributed by atoms with Gasteiger partial charge >= 0.3 is 0 Å². The van der Waals surface area contributed by atoms with Gasteiger partial charge in [-0.05, 0) is 19.3 Å². The van der Waals surface area contributed by atoms with Crippen LogP contribution in [0.25, 0.3) is 0 Å². The van der Waals surface area contributed by atoms with Crippen LogP contribution in [-0.2, 0) is 4.74 Å². The SMILES string of the molecule is CO[C@@H]1[C@@H](C(C)(C)C)N(C(C)C)C[C@@H]1F. The lowest BCUT2D eigenvalue weighted by atomic mass is 9.83. The summed E-state index contributed by atoms with van der Waals surface area (Å²) < 4.78 is 19.1. The van der Waals surface area contributed by atoms with Crippen LogP contribution >= 0.6 is 0 Å². The number of methoxy groups -OCH3 is 1. The van der Waals surface area contributed by atoms with Crippen LogP contribution in [-0.4, -0.2) is 42.9 Å². The molecule has 90 valence electrons. The standard InChI is InChI=1S/C12H24FNO/c1-8(2)14-7-9(13)10(15-6)11(14)12(3,4)5/h8-11H,7H2,1-6H3/t9-,10-,11-/m0/s1. The normalized spacial score (nSPS) is 34.0. The van der Waals surface area contributed by atoms with E-state index in [0.29, 0.717) is 12.6 Å². The highest BCUT2D eigenvalue weighted by atomic mass is 19.1. The third-order valence-electron chi connectivity index (χ3n) is 3.23. The van der Waals surface area contributed by atoms with Gasteiger partial charge in [0.25, 0.3) is 0 Å². The van der Waals surface area contributed by atoms with Gasteiger partial charge in [0.15, 0.2) is 0 Å². The fraction of sp³-hybridized carbons (Fsp3) is 1.00. The van der Waals surface area contributed by atoms with Crippen molar-refractivity contribution < 1.29 is 9.13 Å². The van der Waals surface area contributed by atoms with E-state index in [1.807, 2.05) is 0 Å². The van der Waals surface area contributed by atoms with Crippen LogP contribution in [0.1, 0.15) is 34.6 Å². The molecular formula is C12H24FNO. The van der Waals surface area contributed by atoms with Gasteiger partial charge in [-0.25, -0.2) is 4.39 Å². The van der Waals surface area contributed by atoms with Crippen LogP contribution in [0.15, 0.2) is 0 Å². The highest BCUT2D eigenvalue weighted by Gasteiger charge is 2.48. The fourth-order valence-electron chi connectivity index (χ4n) is 2.60. The number of ether oxygens (including phenoxy) is 1. The van der Waals surface area contributed by atoms with E-state index < -0.39 is 6.17 Å². The maximum Gasteiger partial charge on any atom is 0.140 e. The summed E-state index contributed by atoms with van der Waals surface area (Å²) in [6, 6.07) is 0.533. The van der Waals surface area contributed by atoms with Crippen molar-refractivity contribution in [1.82, 2.24) is 4.90 Å². The third-order valence-corrected chi connectivity index (χ3v) is 3.23. The highest BCUT2D eigenvalue weighted by Crippen LogP contribution is 2.36. The first kappa shape index (κ1) is 12.9. The van der Waals surface area contributed by atoms with E-state index in [0.717, 1.165) is 0 Å². The van der Waals surface area contributed by atoms with Gasteiger partial charge in [-0.2, -0.15) is 0 Å². The number of likely N-dealkylation sites (tertiary alicyclic amines) is 1. The maximum absolute atomic E-state index is 13.8. The zero-order valence-corrected chi connectivity index (χ0v) is 10.7. The monoisotopic (exact) mass is 217 g/mol. The fourth-order valence-corrected chi connectivity index (χ4v) is 2.60. The molecule has 2 nitrogen and oxygen atoms in total. The Hall–Kier alpha value is -0.150. The average Bonchev–Trinajstić information content (AvgIpc) is 2.41. The Bertz CT molecular complexity index is 212. The Morgan fingerprint density at radius 2 is 1.87 bits per heavy atom. The summed E-state index contributed by atoms with van der Waals surface area (Å²) in [6.45, 7) is 11.2. The first-order valence-corrected chi connectivity index (χ1v) is 5.71. The van der Waals surface area contributed by atoms with Gasteiger partial charge in [0.2, 0.25) is 0 Å². The van der Waals surface area contributed by atoms with Crippen molar-refractivity contribution in [3.63, 3.8) is 0 Å². The van der Waals surface area contributed by atoms with Crippen LogP contribution in [0.2, 0.25) is 0 Å². The second-order valence-corrected chi connectivity index (χ2v) is 5.82. The predicted molar refractivity (Wildman–Crippen MR) is 60.8 cm³/mol. The molecular weight excluding hydrogens is 193 g/mol. The Labute approximate surface area is 92.8 Å². The van der Waals surface area contributed by atoms with Gasteiger partial charge < -0.3 is 4.74 Å². The minimum atomic E-state index is -0.860. The van der Waals surface area contributed by atoms with Crippen molar-refractivity contribution in [1.29, 1.82) is 0 Å². The van der Waals surface area contributed by atoms with E-state index >= 15 is 0 Å². The quantitative estimate of drug-likeness (QED) is 0.704. The molecule has 0 radical (unpaired) electrons. The molecule has 1 heterocycles. The van der Waals surface area contributed by atoms with Crippen LogP contribution in [0.4, 0.5) is 4.39 Å². The van der Waals surface area contributed by atoms with Crippen LogP contribution in [0.3, 0.4) is 0 Å². The number of hydrogen-bond acceptors (Lipinski definition) is 2. The number of halogens is 1. The molecule has 3 heteroatoms. The minimum Gasteiger partial charge on any atom is -0.377 e. The van der Waals surface area contributed by atoms with Gasteiger partial charge in [-0.3, -0.25) is 4.90 Å². The van der Waals surface area contributed by atoms with E-state index in [1.54, 1.807) is 7.11 Å². The number of rotatable bonds is 2. The molecule has 15 heavy (non-hydrogen) atoms. The highest BCUT2D eigenvalue weighted by molar-refractivity contribution is 5.01. The molecule has 0 spiro atoms. The number of nitrogens with zero attached hydrogens (tertiary/aromatic N) is 1. The molecule has 0 amide bonds. The van der Waals surface area contributed by atoms with E-state index in [4.69, 9.17) is 4.74 Å². The largest absolute Gasteiger partial charge is 0.377 e. The second kappa shape index (κ2) is 4.38. The summed E-state index contributed by atoms with van der Waals surface area (Å²) in [5, 5.41) is 0. The first-order valence-electron chi connectivity index (χ1n) is 5.71. The summed E-state index contributed by atoms with van der Waals surface area (Å²) in [6.07, 6.45) is -1.14. The molecule has 0 aromatic heterocycles. The zero-order valence-electron chi connectivity index (χ0n) is 10.7. The molecule has 1 saturated heterocycles. The molecule has 1 rings (SSSR count). The van der Waals surface area contributed by atoms with E-state index in [2.05, 4.69) is 39.5 Å². The third kappa shape index (κ3) is 2.51. The Balaban J connectivity index is 2.92. The average molecular weight is 217 g/mol. The van der Waals surface area contributed by atoms with Crippen LogP contribution in [0.5, 0.6) is 0 Å². The molecule has 0 unspecified atom stereocenters. The summed E-state index contributed by atoms with van der Waals surface area (Å²) in [4.78, 5) is 2.22. The van der Waals surface area contributed by atoms with Gasteiger partial charge in [0.1, 0.15) is 12.3 Å². The van der Waals surface area contributed by atoms with Crippen molar-refractivity contribution in [2.24, 2.45) is 5.41 Å². The minimum absolute atomic E-state index is 0.0474. The van der Waals surface area contributed by atoms with Gasteiger partial charge in [-0.15, -0.1) is 0 Å². The molecule has 0 N–H and O–H groups in total. The molecule has 1 aliphatic rings. The molecule has 3 atom stereocenters. The van der Waals surface area contributed by atoms with Crippen molar-refractivity contribution in [3.05, 3.63) is 0 Å². The van der Waals surface area contributed by atoms with Crippen molar-refractivity contribution >= 4 is 0 Å². The molecule has 0 aromatic rings. The predicted octanol–water partition coefficient (Wildman–Crippen LogP) is 2.48. The molecule has 0 bridgehead atoms. The van der Waals surface area contributed by atoms with E-state index in [9.17, 15) is 4.39 Å². The number of hydrogen-bond donors (Lipinski definition) is 0.